The minimum atomic E-state index is -4.08. The second-order valence-electron chi connectivity index (χ2n) is 32.0. The summed E-state index contributed by atoms with van der Waals surface area (Å²) in [6, 6.07) is 39.4. The lowest BCUT2D eigenvalue weighted by Crippen LogP contribution is -2.45. The van der Waals surface area contributed by atoms with Crippen LogP contribution in [0.2, 0.25) is 20.1 Å². The van der Waals surface area contributed by atoms with Crippen molar-refractivity contribution in [3.05, 3.63) is 233 Å². The third kappa shape index (κ3) is 28.8. The van der Waals surface area contributed by atoms with Crippen molar-refractivity contribution in [2.24, 2.45) is 11.5 Å². The first-order valence-electron chi connectivity index (χ1n) is 42.0. The molecule has 2 saturated carbocycles. The Labute approximate surface area is 801 Å². The molecule has 16 rings (SSSR count). The van der Waals surface area contributed by atoms with E-state index in [1.165, 1.54) is 56.2 Å². The normalized spacial score (nSPS) is 13.5. The van der Waals surface area contributed by atoms with Crippen LogP contribution in [-0.4, -0.2) is 214 Å². The van der Waals surface area contributed by atoms with Crippen molar-refractivity contribution in [3.8, 4) is 0 Å². The average molecular weight is 2020 g/mol. The van der Waals surface area contributed by atoms with Crippen LogP contribution in [0.3, 0.4) is 0 Å². The van der Waals surface area contributed by atoms with E-state index in [0.29, 0.717) is 97.3 Å². The molecule has 4 fully saturated rings. The molecule has 2 saturated heterocycles. The number of esters is 1. The fourth-order valence-corrected chi connectivity index (χ4v) is 22.0. The Morgan fingerprint density at radius 2 is 0.733 bits per heavy atom. The molecule has 135 heavy (non-hydrogen) atoms. The van der Waals surface area contributed by atoms with Gasteiger partial charge in [-0.1, -0.05) is 70.7 Å². The minimum absolute atomic E-state index is 0. The van der Waals surface area contributed by atoms with E-state index in [2.05, 4.69) is 51.3 Å². The number of carboxylic acid groups (broad SMARTS) is 1. The van der Waals surface area contributed by atoms with Crippen molar-refractivity contribution in [2.45, 2.75) is 146 Å². The highest BCUT2D eigenvalue weighted by Crippen LogP contribution is 2.40. The molecule has 42 heteroatoms. The van der Waals surface area contributed by atoms with Crippen molar-refractivity contribution >= 4 is 177 Å². The van der Waals surface area contributed by atoms with Crippen LogP contribution in [0.1, 0.15) is 126 Å². The summed E-state index contributed by atoms with van der Waals surface area (Å²) in [6.45, 7) is 22.8. The average Bonchev–Trinajstić information content (AvgIpc) is 1.62. The molecule has 0 unspecified atom stereocenters. The third-order valence-electron chi connectivity index (χ3n) is 20.4. The Bertz CT molecular complexity index is 6830. The first-order chi connectivity index (χ1) is 62.8. The number of nitrogens with zero attached hydrogens (tertiary/aromatic N) is 1. The molecule has 5 amide bonds. The van der Waals surface area contributed by atoms with Gasteiger partial charge in [-0.05, 0) is 261 Å². The van der Waals surface area contributed by atoms with Crippen molar-refractivity contribution in [3.63, 3.8) is 0 Å². The monoisotopic (exact) mass is 2010 g/mol. The fourth-order valence-electron chi connectivity index (χ4n) is 14.2. The molecular weight excluding hydrogens is 1910 g/mol. The van der Waals surface area contributed by atoms with Gasteiger partial charge in [-0.2, -0.15) is 0 Å². The van der Waals surface area contributed by atoms with Gasteiger partial charge < -0.3 is 93.8 Å². The van der Waals surface area contributed by atoms with E-state index in [1.54, 1.807) is 124 Å². The number of morpholine rings is 2. The predicted molar refractivity (Wildman–Crippen MR) is 517 cm³/mol. The summed E-state index contributed by atoms with van der Waals surface area (Å²) in [7, 11) is -16.2. The molecule has 0 atom stereocenters. The van der Waals surface area contributed by atoms with Gasteiger partial charge in [-0.15, -0.1) is 0 Å². The van der Waals surface area contributed by atoms with Crippen LogP contribution >= 0.6 is 46.4 Å². The number of amides is 5. The largest absolute Gasteiger partial charge is 0.477 e. The fraction of sp³-hybridized carbons (Fsp3) is 0.312. The lowest BCUT2D eigenvalue weighted by Gasteiger charge is -2.26. The van der Waals surface area contributed by atoms with Gasteiger partial charge in [0, 0.05) is 102 Å². The lowest BCUT2D eigenvalue weighted by atomic mass is 10.2. The number of ketones is 1. The van der Waals surface area contributed by atoms with Gasteiger partial charge in [0.15, 0.2) is 0 Å². The Morgan fingerprint density at radius 3 is 0.985 bits per heavy atom. The predicted octanol–water partition coefficient (Wildman–Crippen LogP) is 12.3. The maximum Gasteiger partial charge on any atom is 0.353 e. The highest BCUT2D eigenvalue weighted by Gasteiger charge is 2.36. The van der Waals surface area contributed by atoms with E-state index in [9.17, 15) is 77.1 Å². The number of carbonyl (C=O) groups is 8. The van der Waals surface area contributed by atoms with Gasteiger partial charge >= 0.3 is 11.9 Å². The number of sulfone groups is 4. The van der Waals surface area contributed by atoms with E-state index < -0.39 is 63.0 Å². The summed E-state index contributed by atoms with van der Waals surface area (Å²) in [5.74, 6) is -4.55. The number of carboxylic acids is 1. The van der Waals surface area contributed by atoms with Gasteiger partial charge in [0.2, 0.25) is 51.2 Å². The van der Waals surface area contributed by atoms with Crippen LogP contribution in [0.15, 0.2) is 185 Å². The maximum atomic E-state index is 13.7. The quantitative estimate of drug-likeness (QED) is 0.0297. The minimum Gasteiger partial charge on any atom is -0.477 e. The molecule has 8 aromatic carbocycles. The van der Waals surface area contributed by atoms with E-state index in [1.807, 2.05) is 52.0 Å². The van der Waals surface area contributed by atoms with E-state index >= 15 is 0 Å². The van der Waals surface area contributed by atoms with Crippen LogP contribution < -0.4 is 44.2 Å². The number of nitrogens with one attached hydrogen (secondary N) is 9. The Balaban J connectivity index is 0.000000208. The number of halogens is 4. The number of rotatable bonds is 21. The summed E-state index contributed by atoms with van der Waals surface area (Å²) >= 11 is 24.3. The van der Waals surface area contributed by atoms with Crippen LogP contribution in [-0.2, 0) is 72.7 Å². The summed E-state index contributed by atoms with van der Waals surface area (Å²) < 4.78 is 123. The van der Waals surface area contributed by atoms with Crippen molar-refractivity contribution < 1.29 is 96.8 Å². The second kappa shape index (κ2) is 47.8. The van der Waals surface area contributed by atoms with Crippen molar-refractivity contribution in [1.82, 2.24) is 57.6 Å². The highest BCUT2D eigenvalue weighted by atomic mass is 35.5. The number of benzene rings is 8. The summed E-state index contributed by atoms with van der Waals surface area (Å²) in [5, 5.41) is 25.5. The first kappa shape index (κ1) is 109. The molecule has 2 aliphatic carbocycles. The van der Waals surface area contributed by atoms with Crippen LogP contribution in [0.4, 0.5) is 0 Å². The maximum absolute atomic E-state index is 13.7. The number of nitrogens with two attached hydrogens (primary N) is 2. The molecular formula is C93H109Cl4N13O21S4. The van der Waals surface area contributed by atoms with Crippen molar-refractivity contribution in [2.75, 3.05) is 85.4 Å². The van der Waals surface area contributed by atoms with E-state index in [4.69, 9.17) is 67.3 Å². The standard InChI is InChI=1S/C23H24ClN3O5S.C22H22ClN3O4S.C20H19ClN2O4S.C17H14ClNO4S.C4H9NO2.C4H9NO.C3H7N.H3N.H2O/c1-14-9-15(2)11-17(10-14)33(30,31)22-18-12-16(24)3-4-19(18)26-21(22)23(29)25-13-20(28)27-5-7-32-8-6-27;1-12-7-13(2)9-16(8-12)31(29,30)21-17-10-14(23)3-6-18(17)26-20(21)22(28)24-11-19(27)25-15-4-5-15;1-11-6-12(2)8-15(7-11)28(26,27)19-16-9-14(21)4-5-17(16)23-18(19)20(25)22-10-13(3)24;1-9-5-10(2)7-12(6-9)24(22,23)16-13-8-11(18)3-4-14(13)19-15(16)17(20)21;1-2-7-4(6)3-5;1-3-6-4-2-5-1;4-3-1-2-3;;/h3-4,9-12,26H,5-8,13H2,1-2H3,(H,25,29);3,6-10,15,26H,4-5,11H2,1-2H3,(H,24,28)(H,25,27);4-9,23H,10H2,1-3H3,(H,22,25);3-8,19H,1-2H3,(H,20,21);2-3,5H2,1H3;5H,1-4H2;3H,1-2,4H2;1H3;1H2. The van der Waals surface area contributed by atoms with Gasteiger partial charge in [0.05, 0.1) is 78.8 Å². The Hall–Kier alpha value is -11.4. The number of H-pyrrole nitrogens is 4. The molecule has 6 heterocycles. The number of aromatic amines is 4. The van der Waals surface area contributed by atoms with Crippen LogP contribution in [0.5, 0.6) is 0 Å². The summed E-state index contributed by atoms with van der Waals surface area (Å²) in [6.07, 6.45) is 4.39. The number of carbonyl (C=O) groups excluding carboxylic acids is 7. The molecule has 4 aliphatic rings. The number of aryl methyl sites for hydroxylation is 8. The molecule has 12 aromatic rings. The first-order valence-corrected chi connectivity index (χ1v) is 49.5. The van der Waals surface area contributed by atoms with Crippen molar-refractivity contribution in [1.29, 1.82) is 0 Å². The molecule has 724 valence electrons. The zero-order chi connectivity index (χ0) is 97.3. The van der Waals surface area contributed by atoms with Gasteiger partial charge in [0.1, 0.15) is 48.1 Å². The molecule has 34 nitrogen and oxygen atoms in total. The SMILES string of the molecule is C1COCCN1.CC(=O)CNC(=O)c1[nH]c2ccc(Cl)cc2c1S(=O)(=O)c1cc(C)cc(C)c1.CCOC(=O)CN.Cc1cc(C)cc(S(=O)(=O)c2c(C(=O)NCC(=O)N3CCOCC3)[nH]c3ccc(Cl)cc23)c1.Cc1cc(C)cc(S(=O)(=O)c2c(C(=O)NCC(=O)NC3CC3)[nH]c3ccc(Cl)cc23)c1.Cc1cc(C)cc(S(=O)(=O)c2c(C(=O)O)[nH]c3ccc(Cl)cc23)c1.N.NC1CC1.O. The topological polar surface area (TPSA) is 566 Å². The van der Waals surface area contributed by atoms with Crippen LogP contribution in [0.25, 0.3) is 43.6 Å². The number of aromatic carboxylic acids is 1. The van der Waals surface area contributed by atoms with Gasteiger partial charge in [-0.3, -0.25) is 33.6 Å². The number of fused-ring (bicyclic) bond motifs is 4. The Kier molecular flexibility index (Phi) is 38.6. The summed E-state index contributed by atoms with van der Waals surface area (Å²) in [5.41, 5.74) is 17.4. The molecule has 0 radical (unpaired) electrons. The molecule has 19 N–H and O–H groups in total. The Morgan fingerprint density at radius 1 is 0.444 bits per heavy atom. The molecule has 0 spiro atoms. The zero-order valence-electron chi connectivity index (χ0n) is 75.7. The number of aromatic nitrogens is 4. The highest BCUT2D eigenvalue weighted by molar-refractivity contribution is 7.92. The number of hydrogen-bond donors (Lipinski definition) is 13. The lowest BCUT2D eigenvalue weighted by molar-refractivity contribution is -0.141. The number of Topliss-reactive ketones (excluding diaryl/α,β-unsaturated/α-hetero) is 1. The molecule has 4 aromatic heterocycles. The number of ether oxygens (including phenoxy) is 3. The van der Waals surface area contributed by atoms with Gasteiger partial charge in [0.25, 0.3) is 17.7 Å². The zero-order valence-corrected chi connectivity index (χ0v) is 82.0. The van der Waals surface area contributed by atoms with E-state index in [-0.39, 0.29) is 135 Å². The smallest absolute Gasteiger partial charge is 0.353 e. The molecule has 2 aliphatic heterocycles. The third-order valence-corrected chi connectivity index (χ3v) is 28.6. The number of hydrogen-bond acceptors (Lipinski definition) is 23. The molecule has 0 bridgehead atoms. The summed E-state index contributed by atoms with van der Waals surface area (Å²) in [4.78, 5) is 108. The van der Waals surface area contributed by atoms with E-state index in [0.717, 1.165) is 83.7 Å². The van der Waals surface area contributed by atoms with Crippen LogP contribution in [0, 0.1) is 55.4 Å². The second-order valence-corrected chi connectivity index (χ2v) is 41.3. The van der Waals surface area contributed by atoms with Gasteiger partial charge in [-0.25, -0.2) is 38.5 Å².